The van der Waals surface area contributed by atoms with Crippen LogP contribution in [0.2, 0.25) is 0 Å². The van der Waals surface area contributed by atoms with Crippen LogP contribution in [0.3, 0.4) is 0 Å². The number of halogens is 3. The molecule has 2 saturated heterocycles. The second-order valence-electron chi connectivity index (χ2n) is 5.45. The lowest BCUT2D eigenvalue weighted by molar-refractivity contribution is -0.136. The van der Waals surface area contributed by atoms with Gasteiger partial charge >= 0.3 is 6.18 Å². The molecule has 5 heteroatoms. The summed E-state index contributed by atoms with van der Waals surface area (Å²) in [4.78, 5) is 0. The average molecular weight is 265 g/mol. The molecular formula is C13H22F3NO. The van der Waals surface area contributed by atoms with E-state index in [1.807, 2.05) is 6.92 Å². The maximum Gasteiger partial charge on any atom is 0.389 e. The molecule has 0 radical (unpaired) electrons. The van der Waals surface area contributed by atoms with Crippen molar-refractivity contribution in [3.63, 3.8) is 0 Å². The largest absolute Gasteiger partial charge is 0.389 e. The summed E-state index contributed by atoms with van der Waals surface area (Å²) in [6, 6.07) is 0.188. The SMILES string of the molecule is CCNC(CCCC(F)(F)F)C1CC2CCC1O2. The number of fused-ring (bicyclic) bond motifs is 2. The highest BCUT2D eigenvalue weighted by molar-refractivity contribution is 4.95. The van der Waals surface area contributed by atoms with Crippen LogP contribution in [0.4, 0.5) is 13.2 Å². The van der Waals surface area contributed by atoms with Crippen molar-refractivity contribution < 1.29 is 17.9 Å². The summed E-state index contributed by atoms with van der Waals surface area (Å²) < 4.78 is 42.3. The van der Waals surface area contributed by atoms with E-state index >= 15 is 0 Å². The summed E-state index contributed by atoms with van der Waals surface area (Å²) in [6.07, 6.45) is -0.000295. The molecule has 2 heterocycles. The van der Waals surface area contributed by atoms with E-state index in [1.54, 1.807) is 0 Å². The van der Waals surface area contributed by atoms with Crippen LogP contribution in [0.25, 0.3) is 0 Å². The molecule has 2 bridgehead atoms. The van der Waals surface area contributed by atoms with Crippen LogP contribution < -0.4 is 5.32 Å². The Morgan fingerprint density at radius 3 is 2.61 bits per heavy atom. The highest BCUT2D eigenvalue weighted by Gasteiger charge is 2.44. The van der Waals surface area contributed by atoms with Gasteiger partial charge in [0.2, 0.25) is 0 Å². The Kier molecular flexibility index (Phi) is 4.54. The van der Waals surface area contributed by atoms with E-state index in [2.05, 4.69) is 5.32 Å². The number of nitrogens with one attached hydrogen (secondary N) is 1. The van der Waals surface area contributed by atoms with Gasteiger partial charge in [-0.2, -0.15) is 13.2 Å². The van der Waals surface area contributed by atoms with Crippen LogP contribution in [-0.2, 0) is 4.74 Å². The van der Waals surface area contributed by atoms with E-state index < -0.39 is 12.6 Å². The smallest absolute Gasteiger partial charge is 0.375 e. The van der Waals surface area contributed by atoms with E-state index in [9.17, 15) is 13.2 Å². The van der Waals surface area contributed by atoms with Crippen molar-refractivity contribution >= 4 is 0 Å². The molecule has 2 rings (SSSR count). The van der Waals surface area contributed by atoms with Crippen LogP contribution in [-0.4, -0.2) is 31.0 Å². The minimum absolute atomic E-state index is 0.188. The predicted octanol–water partition coefficient (Wildman–Crippen LogP) is 3.26. The first-order valence-corrected chi connectivity index (χ1v) is 6.95. The number of ether oxygens (including phenoxy) is 1. The molecule has 0 aromatic rings. The summed E-state index contributed by atoms with van der Waals surface area (Å²) in [7, 11) is 0. The topological polar surface area (TPSA) is 21.3 Å². The van der Waals surface area contributed by atoms with Crippen LogP contribution in [0, 0.1) is 5.92 Å². The molecular weight excluding hydrogens is 243 g/mol. The summed E-state index contributed by atoms with van der Waals surface area (Å²) in [5.74, 6) is 0.414. The van der Waals surface area contributed by atoms with Crippen LogP contribution in [0.15, 0.2) is 0 Å². The van der Waals surface area contributed by atoms with Crippen LogP contribution in [0.5, 0.6) is 0 Å². The van der Waals surface area contributed by atoms with Gasteiger partial charge in [0, 0.05) is 18.4 Å². The molecule has 0 aromatic carbocycles. The lowest BCUT2D eigenvalue weighted by Gasteiger charge is -2.29. The maximum absolute atomic E-state index is 12.2. The normalized spacial score (nSPS) is 33.0. The minimum Gasteiger partial charge on any atom is -0.375 e. The Bertz CT molecular complexity index is 269. The number of rotatable bonds is 6. The van der Waals surface area contributed by atoms with E-state index in [0.29, 0.717) is 18.4 Å². The van der Waals surface area contributed by atoms with Gasteiger partial charge in [-0.1, -0.05) is 6.92 Å². The lowest BCUT2D eigenvalue weighted by Crippen LogP contribution is -2.40. The predicted molar refractivity (Wildman–Crippen MR) is 63.4 cm³/mol. The van der Waals surface area contributed by atoms with E-state index in [-0.39, 0.29) is 18.6 Å². The third-order valence-electron chi connectivity index (χ3n) is 4.11. The quantitative estimate of drug-likeness (QED) is 0.796. The zero-order valence-corrected chi connectivity index (χ0v) is 10.8. The maximum atomic E-state index is 12.2. The van der Waals surface area contributed by atoms with E-state index in [4.69, 9.17) is 4.74 Å². The third-order valence-corrected chi connectivity index (χ3v) is 4.11. The molecule has 4 atom stereocenters. The monoisotopic (exact) mass is 265 g/mol. The van der Waals surface area contributed by atoms with Gasteiger partial charge in [0.05, 0.1) is 12.2 Å². The highest BCUT2D eigenvalue weighted by atomic mass is 19.4. The van der Waals surface area contributed by atoms with E-state index in [0.717, 1.165) is 25.8 Å². The summed E-state index contributed by atoms with van der Waals surface area (Å²) in [5.41, 5.74) is 0. The Hall–Kier alpha value is -0.290. The second-order valence-corrected chi connectivity index (χ2v) is 5.45. The Labute approximate surface area is 106 Å². The van der Waals surface area contributed by atoms with Gasteiger partial charge in [-0.25, -0.2) is 0 Å². The van der Waals surface area contributed by atoms with Gasteiger partial charge in [-0.15, -0.1) is 0 Å². The number of alkyl halides is 3. The van der Waals surface area contributed by atoms with Crippen molar-refractivity contribution in [3.8, 4) is 0 Å². The molecule has 0 aliphatic carbocycles. The third kappa shape index (κ3) is 3.60. The molecule has 106 valence electrons. The minimum atomic E-state index is -4.03. The second kappa shape index (κ2) is 5.78. The highest BCUT2D eigenvalue weighted by Crippen LogP contribution is 2.41. The zero-order chi connectivity index (χ0) is 13.2. The lowest BCUT2D eigenvalue weighted by atomic mass is 9.82. The Balaban J connectivity index is 1.80. The Morgan fingerprint density at radius 1 is 1.33 bits per heavy atom. The van der Waals surface area contributed by atoms with Crippen molar-refractivity contribution in [2.24, 2.45) is 5.92 Å². The molecule has 2 aliphatic heterocycles. The molecule has 18 heavy (non-hydrogen) atoms. The van der Waals surface area contributed by atoms with Crippen molar-refractivity contribution in [3.05, 3.63) is 0 Å². The summed E-state index contributed by atoms with van der Waals surface area (Å²) >= 11 is 0. The molecule has 1 N–H and O–H groups in total. The fourth-order valence-electron chi connectivity index (χ4n) is 3.35. The molecule has 0 aromatic heterocycles. The Morgan fingerprint density at radius 2 is 2.11 bits per heavy atom. The molecule has 2 nitrogen and oxygen atoms in total. The fourth-order valence-corrected chi connectivity index (χ4v) is 3.35. The van der Waals surface area contributed by atoms with Crippen LogP contribution in [0.1, 0.15) is 45.4 Å². The first-order valence-electron chi connectivity index (χ1n) is 6.95. The standard InChI is InChI=1S/C13H22F3NO/c1-2-17-11(4-3-7-13(14,15)16)10-8-9-5-6-12(10)18-9/h9-12,17H,2-8H2,1H3. The number of hydrogen-bond donors (Lipinski definition) is 1. The molecule has 4 unspecified atom stereocenters. The molecule has 0 amide bonds. The van der Waals surface area contributed by atoms with Gasteiger partial charge in [0.15, 0.2) is 0 Å². The van der Waals surface area contributed by atoms with Crippen LogP contribution >= 0.6 is 0 Å². The molecule has 2 fully saturated rings. The van der Waals surface area contributed by atoms with E-state index in [1.165, 1.54) is 0 Å². The summed E-state index contributed by atoms with van der Waals surface area (Å²) in [5, 5.41) is 3.35. The first kappa shape index (κ1) is 14.1. The van der Waals surface area contributed by atoms with Gasteiger partial charge in [0.25, 0.3) is 0 Å². The average Bonchev–Trinajstić information content (AvgIpc) is 2.87. The summed E-state index contributed by atoms with van der Waals surface area (Å²) in [6.45, 7) is 2.81. The number of hydrogen-bond acceptors (Lipinski definition) is 2. The molecule has 2 aliphatic rings. The van der Waals surface area contributed by atoms with Gasteiger partial charge < -0.3 is 10.1 Å². The zero-order valence-electron chi connectivity index (χ0n) is 10.8. The van der Waals surface area contributed by atoms with Crippen molar-refractivity contribution in [1.29, 1.82) is 0 Å². The van der Waals surface area contributed by atoms with Gasteiger partial charge in [-0.3, -0.25) is 0 Å². The van der Waals surface area contributed by atoms with Crippen molar-refractivity contribution in [1.82, 2.24) is 5.32 Å². The fraction of sp³-hybridized carbons (Fsp3) is 1.00. The van der Waals surface area contributed by atoms with Gasteiger partial charge in [0.1, 0.15) is 0 Å². The van der Waals surface area contributed by atoms with Gasteiger partial charge in [-0.05, 0) is 38.6 Å². The first-order chi connectivity index (χ1) is 8.49. The van der Waals surface area contributed by atoms with Crippen molar-refractivity contribution in [2.75, 3.05) is 6.54 Å². The van der Waals surface area contributed by atoms with Crippen molar-refractivity contribution in [2.45, 2.75) is 69.9 Å². The molecule has 0 saturated carbocycles. The molecule has 0 spiro atoms.